The van der Waals surface area contributed by atoms with Gasteiger partial charge in [-0.15, -0.1) is 0 Å². The van der Waals surface area contributed by atoms with Crippen molar-refractivity contribution < 1.29 is 9.47 Å². The quantitative estimate of drug-likeness (QED) is 0.687. The molecule has 0 radical (unpaired) electrons. The lowest BCUT2D eigenvalue weighted by Gasteiger charge is -2.32. The zero-order valence-corrected chi connectivity index (χ0v) is 17.4. The van der Waals surface area contributed by atoms with E-state index < -0.39 is 8.07 Å². The summed E-state index contributed by atoms with van der Waals surface area (Å²) in [6.07, 6.45) is 1.12. The first-order valence-electron chi connectivity index (χ1n) is 8.74. The average molecular weight is 359 g/mol. The molecule has 0 bridgehead atoms. The van der Waals surface area contributed by atoms with Gasteiger partial charge in [0.25, 0.3) is 0 Å². The maximum atomic E-state index is 5.73. The molecule has 0 saturated carbocycles. The van der Waals surface area contributed by atoms with E-state index in [2.05, 4.69) is 57.6 Å². The molecule has 1 unspecified atom stereocenters. The van der Waals surface area contributed by atoms with Crippen molar-refractivity contribution in [1.29, 1.82) is 0 Å². The van der Waals surface area contributed by atoms with E-state index in [-0.39, 0.29) is 0 Å². The Morgan fingerprint density at radius 1 is 0.960 bits per heavy atom. The van der Waals surface area contributed by atoms with Crippen LogP contribution in [0.1, 0.15) is 30.0 Å². The van der Waals surface area contributed by atoms with Crippen molar-refractivity contribution in [3.8, 4) is 11.5 Å². The molecule has 2 rings (SSSR count). The molecule has 1 atom stereocenters. The number of rotatable bonds is 7. The molecule has 0 saturated heterocycles. The summed E-state index contributed by atoms with van der Waals surface area (Å²) in [6.45, 7) is 9.88. The SMILES string of the molecule is CCCN(C)P(c1ccc(OC)cc1OC)c1c(C)cc(C)cc1C. The molecule has 3 nitrogen and oxygen atoms in total. The number of nitrogens with zero attached hydrogens (tertiary/aromatic N) is 1. The Labute approximate surface area is 153 Å². The summed E-state index contributed by atoms with van der Waals surface area (Å²) in [5, 5.41) is 2.67. The standard InChI is InChI=1S/C21H30NO2P/c1-8-11-22(5)25(21-16(3)12-15(2)13-17(21)4)20-10-9-18(23-6)14-19(20)24-7/h9-10,12-14H,8,11H2,1-7H3. The molecule has 0 amide bonds. The molecule has 0 aromatic heterocycles. The van der Waals surface area contributed by atoms with E-state index in [0.29, 0.717) is 0 Å². The normalized spacial score (nSPS) is 12.3. The summed E-state index contributed by atoms with van der Waals surface area (Å²) in [4.78, 5) is 0. The Morgan fingerprint density at radius 3 is 2.12 bits per heavy atom. The Balaban J connectivity index is 2.67. The van der Waals surface area contributed by atoms with Crippen molar-refractivity contribution in [1.82, 2.24) is 4.67 Å². The van der Waals surface area contributed by atoms with Gasteiger partial charge in [-0.3, -0.25) is 4.67 Å². The molecule has 0 fully saturated rings. The van der Waals surface area contributed by atoms with Gasteiger partial charge in [0.15, 0.2) is 0 Å². The van der Waals surface area contributed by atoms with Crippen LogP contribution in [0.5, 0.6) is 11.5 Å². The van der Waals surface area contributed by atoms with E-state index in [0.717, 1.165) is 24.5 Å². The minimum absolute atomic E-state index is 0.663. The first kappa shape index (κ1) is 19.8. The first-order chi connectivity index (χ1) is 11.9. The van der Waals surface area contributed by atoms with E-state index in [4.69, 9.17) is 9.47 Å². The van der Waals surface area contributed by atoms with E-state index in [1.807, 2.05) is 12.1 Å². The van der Waals surface area contributed by atoms with Gasteiger partial charge in [-0.2, -0.15) is 0 Å². The van der Waals surface area contributed by atoms with E-state index >= 15 is 0 Å². The summed E-state index contributed by atoms with van der Waals surface area (Å²) >= 11 is 0. The number of methoxy groups -OCH3 is 2. The highest BCUT2D eigenvalue weighted by Gasteiger charge is 2.26. The van der Waals surface area contributed by atoms with Gasteiger partial charge in [-0.05, 0) is 57.5 Å². The summed E-state index contributed by atoms with van der Waals surface area (Å²) in [7, 11) is 4.98. The lowest BCUT2D eigenvalue weighted by molar-refractivity contribution is 0.396. The maximum Gasteiger partial charge on any atom is 0.131 e. The van der Waals surface area contributed by atoms with E-state index in [1.54, 1.807) is 14.2 Å². The van der Waals surface area contributed by atoms with Crippen LogP contribution in [-0.4, -0.2) is 32.5 Å². The highest BCUT2D eigenvalue weighted by atomic mass is 31.1. The number of hydrogen-bond donors (Lipinski definition) is 0. The van der Waals surface area contributed by atoms with Crippen LogP contribution in [0.3, 0.4) is 0 Å². The molecule has 25 heavy (non-hydrogen) atoms. The lowest BCUT2D eigenvalue weighted by atomic mass is 10.1. The fraction of sp³-hybridized carbons (Fsp3) is 0.429. The predicted octanol–water partition coefficient (Wildman–Crippen LogP) is 4.32. The van der Waals surface area contributed by atoms with Crippen LogP contribution in [0.15, 0.2) is 30.3 Å². The van der Waals surface area contributed by atoms with Gasteiger partial charge in [0.05, 0.1) is 14.2 Å². The third-order valence-corrected chi connectivity index (χ3v) is 7.19. The number of ether oxygens (including phenoxy) is 2. The maximum absolute atomic E-state index is 5.73. The largest absolute Gasteiger partial charge is 0.497 e. The molecule has 4 heteroatoms. The van der Waals surface area contributed by atoms with Gasteiger partial charge in [-0.25, -0.2) is 0 Å². The zero-order valence-electron chi connectivity index (χ0n) is 16.5. The van der Waals surface area contributed by atoms with Crippen molar-refractivity contribution in [3.63, 3.8) is 0 Å². The van der Waals surface area contributed by atoms with Crippen LogP contribution in [0.2, 0.25) is 0 Å². The second-order valence-electron chi connectivity index (χ2n) is 6.48. The molecule has 2 aromatic rings. The molecule has 0 N–H and O–H groups in total. The van der Waals surface area contributed by atoms with Crippen LogP contribution < -0.4 is 20.1 Å². The molecular weight excluding hydrogens is 329 g/mol. The number of benzene rings is 2. The first-order valence-corrected chi connectivity index (χ1v) is 10.0. The average Bonchev–Trinajstić information content (AvgIpc) is 2.57. The minimum Gasteiger partial charge on any atom is -0.497 e. The van der Waals surface area contributed by atoms with Crippen molar-refractivity contribution in [3.05, 3.63) is 47.0 Å². The van der Waals surface area contributed by atoms with Gasteiger partial charge >= 0.3 is 0 Å². The van der Waals surface area contributed by atoms with Crippen LogP contribution in [0.4, 0.5) is 0 Å². The van der Waals surface area contributed by atoms with Crippen LogP contribution in [0, 0.1) is 20.8 Å². The molecule has 0 aliphatic heterocycles. The minimum atomic E-state index is -0.663. The summed E-state index contributed by atoms with van der Waals surface area (Å²) in [5.41, 5.74) is 4.02. The Kier molecular flexibility index (Phi) is 6.87. The molecule has 0 heterocycles. The van der Waals surface area contributed by atoms with Gasteiger partial charge in [0, 0.05) is 31.3 Å². The monoisotopic (exact) mass is 359 g/mol. The molecular formula is C21H30NO2P. The number of aryl methyl sites for hydroxylation is 3. The number of hydrogen-bond acceptors (Lipinski definition) is 3. The predicted molar refractivity (Wildman–Crippen MR) is 109 cm³/mol. The van der Waals surface area contributed by atoms with Crippen molar-refractivity contribution >= 4 is 18.7 Å². The van der Waals surface area contributed by atoms with Gasteiger partial charge in [0.2, 0.25) is 0 Å². The van der Waals surface area contributed by atoms with Gasteiger partial charge in [-0.1, -0.05) is 24.6 Å². The lowest BCUT2D eigenvalue weighted by Crippen LogP contribution is -2.29. The molecule has 136 valence electrons. The van der Waals surface area contributed by atoms with Crippen molar-refractivity contribution in [2.75, 3.05) is 27.8 Å². The Morgan fingerprint density at radius 2 is 1.60 bits per heavy atom. The van der Waals surface area contributed by atoms with Crippen molar-refractivity contribution in [2.45, 2.75) is 34.1 Å². The third kappa shape index (κ3) is 4.34. The fourth-order valence-electron chi connectivity index (χ4n) is 3.37. The highest BCUT2D eigenvalue weighted by molar-refractivity contribution is 7.71. The Hall–Kier alpha value is -1.57. The fourth-order valence-corrected chi connectivity index (χ4v) is 6.09. The van der Waals surface area contributed by atoms with Crippen LogP contribution in [-0.2, 0) is 0 Å². The van der Waals surface area contributed by atoms with Crippen LogP contribution >= 0.6 is 8.07 Å². The summed E-state index contributed by atoms with van der Waals surface area (Å²) in [5.74, 6) is 1.72. The summed E-state index contributed by atoms with van der Waals surface area (Å²) in [6, 6.07) is 10.8. The molecule has 0 aliphatic rings. The second kappa shape index (κ2) is 8.69. The van der Waals surface area contributed by atoms with Crippen LogP contribution in [0.25, 0.3) is 0 Å². The zero-order chi connectivity index (χ0) is 18.6. The molecule has 2 aromatic carbocycles. The Bertz CT molecular complexity index is 707. The highest BCUT2D eigenvalue weighted by Crippen LogP contribution is 2.43. The molecule has 0 aliphatic carbocycles. The third-order valence-electron chi connectivity index (χ3n) is 4.35. The summed E-state index contributed by atoms with van der Waals surface area (Å²) < 4.78 is 13.6. The topological polar surface area (TPSA) is 21.7 Å². The van der Waals surface area contributed by atoms with Gasteiger partial charge < -0.3 is 9.47 Å². The smallest absolute Gasteiger partial charge is 0.131 e. The molecule has 0 spiro atoms. The van der Waals surface area contributed by atoms with E-state index in [1.165, 1.54) is 27.3 Å². The van der Waals surface area contributed by atoms with Crippen molar-refractivity contribution in [2.24, 2.45) is 0 Å². The van der Waals surface area contributed by atoms with E-state index in [9.17, 15) is 0 Å². The van der Waals surface area contributed by atoms with Gasteiger partial charge in [0.1, 0.15) is 11.5 Å². The second-order valence-corrected chi connectivity index (χ2v) is 8.71.